The number of nitrogens with zero attached hydrogens (tertiary/aromatic N) is 5. The predicted molar refractivity (Wildman–Crippen MR) is 144 cm³/mol. The van der Waals surface area contributed by atoms with Crippen molar-refractivity contribution >= 4 is 12.2 Å². The highest BCUT2D eigenvalue weighted by Gasteiger charge is 2.41. The van der Waals surface area contributed by atoms with Crippen LogP contribution in [0.1, 0.15) is 97.0 Å². The number of anilines is 1. The van der Waals surface area contributed by atoms with E-state index in [1.165, 1.54) is 96.1 Å². The number of carbonyl (C=O) groups is 1. The number of fused-ring (bicyclic) bond motifs is 2. The van der Waals surface area contributed by atoms with Crippen molar-refractivity contribution in [2.45, 2.75) is 110 Å². The minimum Gasteiger partial charge on any atom is -0.332 e. The monoisotopic (exact) mass is 483 g/mol. The SMILES string of the molecule is CC(C)C=O.CC(C)N1CC2CCC(C1)N2c1ncc(C2CCN(CC3CCCCC3)CC2)cn1. The highest BCUT2D eigenvalue weighted by Crippen LogP contribution is 2.35. The fourth-order valence-electron chi connectivity index (χ4n) is 6.54. The minimum absolute atomic E-state index is 0.204. The average molecular weight is 484 g/mol. The van der Waals surface area contributed by atoms with Crippen molar-refractivity contribution in [3.05, 3.63) is 18.0 Å². The molecule has 4 heterocycles. The van der Waals surface area contributed by atoms with Crippen LogP contribution in [-0.2, 0) is 4.79 Å². The molecule has 1 saturated carbocycles. The first-order valence-electron chi connectivity index (χ1n) is 14.5. The lowest BCUT2D eigenvalue weighted by atomic mass is 9.87. The quantitative estimate of drug-likeness (QED) is 0.522. The number of carbonyl (C=O) groups excluding carboxylic acids is 1. The van der Waals surface area contributed by atoms with E-state index in [2.05, 4.69) is 40.9 Å². The molecule has 2 atom stereocenters. The van der Waals surface area contributed by atoms with Crippen LogP contribution < -0.4 is 4.90 Å². The number of aldehydes is 1. The number of aromatic nitrogens is 2. The molecule has 4 aliphatic rings. The van der Waals surface area contributed by atoms with Crippen LogP contribution in [0, 0.1) is 11.8 Å². The molecule has 0 radical (unpaired) electrons. The Balaban J connectivity index is 0.000000527. The van der Waals surface area contributed by atoms with Crippen molar-refractivity contribution in [2.24, 2.45) is 11.8 Å². The smallest absolute Gasteiger partial charge is 0.225 e. The van der Waals surface area contributed by atoms with Gasteiger partial charge in [0.15, 0.2) is 0 Å². The van der Waals surface area contributed by atoms with Crippen molar-refractivity contribution < 1.29 is 4.79 Å². The Morgan fingerprint density at radius 1 is 0.886 bits per heavy atom. The zero-order valence-corrected chi connectivity index (χ0v) is 22.7. The van der Waals surface area contributed by atoms with Gasteiger partial charge in [-0.15, -0.1) is 0 Å². The van der Waals surface area contributed by atoms with Crippen molar-refractivity contribution in [1.29, 1.82) is 0 Å². The summed E-state index contributed by atoms with van der Waals surface area (Å²) in [6.07, 6.45) is 17.6. The lowest BCUT2D eigenvalue weighted by Crippen LogP contribution is -2.56. The Morgan fingerprint density at radius 2 is 1.46 bits per heavy atom. The van der Waals surface area contributed by atoms with Crippen LogP contribution in [0.2, 0.25) is 0 Å². The highest BCUT2D eigenvalue weighted by molar-refractivity contribution is 5.51. The third-order valence-corrected chi connectivity index (χ3v) is 8.70. The second-order valence-corrected chi connectivity index (χ2v) is 12.1. The van der Waals surface area contributed by atoms with Gasteiger partial charge in [0, 0.05) is 56.1 Å². The predicted octanol–water partition coefficient (Wildman–Crippen LogP) is 5.14. The van der Waals surface area contributed by atoms with E-state index in [-0.39, 0.29) is 5.92 Å². The molecule has 4 fully saturated rings. The number of hydrogen-bond acceptors (Lipinski definition) is 6. The van der Waals surface area contributed by atoms with Gasteiger partial charge in [0.25, 0.3) is 0 Å². The molecule has 0 spiro atoms. The maximum atomic E-state index is 9.50. The second kappa shape index (κ2) is 12.6. The molecular formula is C29H49N5O. The molecule has 5 rings (SSSR count). The largest absolute Gasteiger partial charge is 0.332 e. The van der Waals surface area contributed by atoms with E-state index in [4.69, 9.17) is 9.97 Å². The average Bonchev–Trinajstić information content (AvgIpc) is 3.14. The van der Waals surface area contributed by atoms with E-state index in [0.717, 1.165) is 18.2 Å². The van der Waals surface area contributed by atoms with Crippen LogP contribution in [0.5, 0.6) is 0 Å². The molecule has 0 N–H and O–H groups in total. The lowest BCUT2D eigenvalue weighted by molar-refractivity contribution is -0.110. The van der Waals surface area contributed by atoms with Gasteiger partial charge in [0.1, 0.15) is 6.29 Å². The molecule has 0 aromatic carbocycles. The molecule has 35 heavy (non-hydrogen) atoms. The van der Waals surface area contributed by atoms with Gasteiger partial charge in [-0.05, 0) is 82.9 Å². The van der Waals surface area contributed by atoms with Gasteiger partial charge >= 0.3 is 0 Å². The van der Waals surface area contributed by atoms with Crippen LogP contribution in [0.25, 0.3) is 0 Å². The van der Waals surface area contributed by atoms with E-state index in [1.807, 2.05) is 13.8 Å². The Kier molecular flexibility index (Phi) is 9.57. The van der Waals surface area contributed by atoms with Crippen molar-refractivity contribution in [1.82, 2.24) is 19.8 Å². The van der Waals surface area contributed by atoms with Gasteiger partial charge in [-0.1, -0.05) is 33.1 Å². The third-order valence-electron chi connectivity index (χ3n) is 8.70. The summed E-state index contributed by atoms with van der Waals surface area (Å²) in [5.41, 5.74) is 1.37. The van der Waals surface area contributed by atoms with Crippen molar-refractivity contribution in [2.75, 3.05) is 37.6 Å². The first kappa shape index (κ1) is 26.5. The normalized spacial score (nSPS) is 26.7. The first-order chi connectivity index (χ1) is 16.9. The minimum atomic E-state index is 0.204. The molecule has 1 aromatic rings. The third kappa shape index (κ3) is 7.03. The molecule has 196 valence electrons. The number of hydrogen-bond donors (Lipinski definition) is 0. The van der Waals surface area contributed by atoms with E-state index in [9.17, 15) is 4.79 Å². The Morgan fingerprint density at radius 3 is 1.97 bits per heavy atom. The van der Waals surface area contributed by atoms with Gasteiger partial charge in [0.2, 0.25) is 5.95 Å². The Labute approximate surface area is 213 Å². The standard InChI is InChI=1S/C25H41N5.C4H8O/c1-19(2)29-17-23-8-9-24(18-29)30(23)25-26-14-22(15-27-25)21-10-12-28(13-11-21)16-20-6-4-3-5-7-20;1-4(2)3-5/h14-15,19-21,23-24H,3-13,16-18H2,1-2H3;3-4H,1-2H3. The fraction of sp³-hybridized carbons (Fsp3) is 0.828. The summed E-state index contributed by atoms with van der Waals surface area (Å²) in [6.45, 7) is 14.5. The summed E-state index contributed by atoms with van der Waals surface area (Å²) in [7, 11) is 0. The van der Waals surface area contributed by atoms with Gasteiger partial charge < -0.3 is 14.6 Å². The van der Waals surface area contributed by atoms with Crippen LogP contribution in [0.4, 0.5) is 5.95 Å². The van der Waals surface area contributed by atoms with Gasteiger partial charge in [0.05, 0.1) is 0 Å². The maximum Gasteiger partial charge on any atom is 0.225 e. The summed E-state index contributed by atoms with van der Waals surface area (Å²) in [6, 6.07) is 1.84. The van der Waals surface area contributed by atoms with E-state index >= 15 is 0 Å². The summed E-state index contributed by atoms with van der Waals surface area (Å²) < 4.78 is 0. The zero-order valence-electron chi connectivity index (χ0n) is 22.7. The van der Waals surface area contributed by atoms with Crippen LogP contribution in [-0.4, -0.2) is 76.9 Å². The molecule has 3 saturated heterocycles. The lowest BCUT2D eigenvalue weighted by Gasteiger charge is -2.42. The van der Waals surface area contributed by atoms with E-state index < -0.39 is 0 Å². The molecule has 0 amide bonds. The van der Waals surface area contributed by atoms with Crippen LogP contribution in [0.3, 0.4) is 0 Å². The summed E-state index contributed by atoms with van der Waals surface area (Å²) in [5, 5.41) is 0. The maximum absolute atomic E-state index is 9.50. The summed E-state index contributed by atoms with van der Waals surface area (Å²) >= 11 is 0. The topological polar surface area (TPSA) is 52.6 Å². The Hall–Kier alpha value is -1.53. The van der Waals surface area contributed by atoms with Gasteiger partial charge in [-0.3, -0.25) is 4.90 Å². The number of piperazine rings is 1. The zero-order chi connectivity index (χ0) is 24.8. The fourth-order valence-corrected chi connectivity index (χ4v) is 6.54. The van der Waals surface area contributed by atoms with Crippen LogP contribution >= 0.6 is 0 Å². The van der Waals surface area contributed by atoms with E-state index in [1.54, 1.807) is 0 Å². The molecule has 2 bridgehead atoms. The molecular weight excluding hydrogens is 434 g/mol. The molecule has 6 nitrogen and oxygen atoms in total. The molecule has 3 aliphatic heterocycles. The number of likely N-dealkylation sites (tertiary alicyclic amines) is 2. The highest BCUT2D eigenvalue weighted by atomic mass is 16.1. The van der Waals surface area contributed by atoms with Crippen LogP contribution in [0.15, 0.2) is 12.4 Å². The van der Waals surface area contributed by atoms with Gasteiger partial charge in [-0.25, -0.2) is 9.97 Å². The summed E-state index contributed by atoms with van der Waals surface area (Å²) in [5.74, 6) is 2.79. The van der Waals surface area contributed by atoms with Crippen molar-refractivity contribution in [3.63, 3.8) is 0 Å². The molecule has 2 unspecified atom stereocenters. The van der Waals surface area contributed by atoms with Crippen molar-refractivity contribution in [3.8, 4) is 0 Å². The molecule has 1 aliphatic carbocycles. The second-order valence-electron chi connectivity index (χ2n) is 12.1. The first-order valence-corrected chi connectivity index (χ1v) is 14.5. The van der Waals surface area contributed by atoms with E-state index in [0.29, 0.717) is 24.0 Å². The number of piperidine rings is 1. The summed E-state index contributed by atoms with van der Waals surface area (Å²) in [4.78, 5) is 27.2. The molecule has 1 aromatic heterocycles. The Bertz CT molecular complexity index is 754. The molecule has 6 heteroatoms. The van der Waals surface area contributed by atoms with Gasteiger partial charge in [-0.2, -0.15) is 0 Å². The number of rotatable bonds is 6.